The smallest absolute Gasteiger partial charge is 0.245 e. The van der Waals surface area contributed by atoms with Gasteiger partial charge in [0.15, 0.2) is 14.9 Å². The van der Waals surface area contributed by atoms with E-state index in [1.54, 1.807) is 13.0 Å². The van der Waals surface area contributed by atoms with E-state index in [4.69, 9.17) is 10.4 Å². The summed E-state index contributed by atoms with van der Waals surface area (Å²) in [6.45, 7) is 1.58. The van der Waals surface area contributed by atoms with Gasteiger partial charge in [-0.25, -0.2) is 26.7 Å². The van der Waals surface area contributed by atoms with E-state index >= 15 is 0 Å². The van der Waals surface area contributed by atoms with Gasteiger partial charge in [0, 0.05) is 0 Å². The first kappa shape index (κ1) is 14.0. The average molecular weight is 304 g/mol. The van der Waals surface area contributed by atoms with Gasteiger partial charge < -0.3 is 0 Å². The number of hydrogen-bond donors (Lipinski definition) is 1. The van der Waals surface area contributed by atoms with Crippen molar-refractivity contribution in [2.45, 2.75) is 23.9 Å². The highest BCUT2D eigenvalue weighted by Gasteiger charge is 2.43. The molecule has 1 aromatic heterocycles. The van der Waals surface area contributed by atoms with E-state index in [9.17, 15) is 16.8 Å². The second-order valence-electron chi connectivity index (χ2n) is 4.77. The van der Waals surface area contributed by atoms with Crippen molar-refractivity contribution in [2.24, 2.45) is 5.14 Å². The number of hydrogen-bond acceptors (Lipinski definition) is 6. The maximum atomic E-state index is 11.6. The molecule has 2 N–H and O–H groups in total. The molecule has 10 heteroatoms. The molecular weight excluding hydrogens is 292 g/mol. The lowest BCUT2D eigenvalue weighted by Gasteiger charge is -2.24. The first-order valence-electron chi connectivity index (χ1n) is 5.31. The van der Waals surface area contributed by atoms with Crippen molar-refractivity contribution in [3.8, 4) is 6.07 Å². The first-order valence-corrected chi connectivity index (χ1v) is 8.68. The molecule has 1 aliphatic heterocycles. The van der Waals surface area contributed by atoms with Gasteiger partial charge in [-0.05, 0) is 13.3 Å². The van der Waals surface area contributed by atoms with Gasteiger partial charge in [0.25, 0.3) is 10.0 Å². The van der Waals surface area contributed by atoms with Crippen LogP contribution in [0.3, 0.4) is 0 Å². The lowest BCUT2D eigenvalue weighted by atomic mass is 10.0. The fourth-order valence-corrected chi connectivity index (χ4v) is 5.26. The molecule has 0 saturated carbocycles. The van der Waals surface area contributed by atoms with Crippen LogP contribution >= 0.6 is 0 Å². The van der Waals surface area contributed by atoms with Gasteiger partial charge in [0.05, 0.1) is 23.2 Å². The van der Waals surface area contributed by atoms with Crippen LogP contribution in [0.2, 0.25) is 0 Å². The number of sulfonamides is 1. The van der Waals surface area contributed by atoms with Crippen LogP contribution in [0.1, 0.15) is 18.9 Å². The third-order valence-corrected chi connectivity index (χ3v) is 5.93. The van der Waals surface area contributed by atoms with Crippen molar-refractivity contribution in [1.82, 2.24) is 9.78 Å². The molecule has 1 aliphatic rings. The summed E-state index contributed by atoms with van der Waals surface area (Å²) in [5.74, 6) is -0.273. The number of aromatic nitrogens is 2. The molecule has 0 radical (unpaired) electrons. The monoisotopic (exact) mass is 304 g/mol. The number of nitrogens with two attached hydrogens (primary N) is 1. The quantitative estimate of drug-likeness (QED) is 0.739. The van der Waals surface area contributed by atoms with Gasteiger partial charge in [-0.2, -0.15) is 10.4 Å². The molecule has 1 fully saturated rings. The van der Waals surface area contributed by atoms with Crippen molar-refractivity contribution in [3.05, 3.63) is 11.8 Å². The molecular formula is C9H12N4O4S2. The summed E-state index contributed by atoms with van der Waals surface area (Å²) in [6.07, 6.45) is 1.31. The Bertz CT molecular complexity index is 772. The molecule has 0 aliphatic carbocycles. The predicted octanol–water partition coefficient (Wildman–Crippen LogP) is -1.06. The Morgan fingerprint density at radius 1 is 1.58 bits per heavy atom. The maximum absolute atomic E-state index is 11.6. The van der Waals surface area contributed by atoms with E-state index in [1.807, 2.05) is 0 Å². The SMILES string of the molecule is CC1(n2ncc(C#N)c2S(N)(=O)=O)CCS(=O)(=O)C1. The summed E-state index contributed by atoms with van der Waals surface area (Å²) < 4.78 is 47.3. The number of primary sulfonamides is 1. The van der Waals surface area contributed by atoms with Gasteiger partial charge in [-0.3, -0.25) is 0 Å². The second kappa shape index (κ2) is 4.03. The van der Waals surface area contributed by atoms with E-state index in [0.29, 0.717) is 0 Å². The van der Waals surface area contributed by atoms with Crippen molar-refractivity contribution in [2.75, 3.05) is 11.5 Å². The lowest BCUT2D eigenvalue weighted by Crippen LogP contribution is -2.36. The Labute approximate surface area is 110 Å². The fourth-order valence-electron chi connectivity index (χ4n) is 2.23. The minimum Gasteiger partial charge on any atom is -0.245 e. The molecule has 0 spiro atoms. The highest BCUT2D eigenvalue weighted by Crippen LogP contribution is 2.33. The molecule has 0 bridgehead atoms. The zero-order valence-electron chi connectivity index (χ0n) is 10.1. The third kappa shape index (κ3) is 2.36. The highest BCUT2D eigenvalue weighted by atomic mass is 32.2. The van der Waals surface area contributed by atoms with Gasteiger partial charge in [0.1, 0.15) is 11.6 Å². The molecule has 2 heterocycles. The molecule has 1 aromatic rings. The Balaban J connectivity index is 2.67. The van der Waals surface area contributed by atoms with Gasteiger partial charge in [0.2, 0.25) is 0 Å². The number of rotatable bonds is 2. The van der Waals surface area contributed by atoms with Crippen LogP contribution in [-0.2, 0) is 25.4 Å². The molecule has 0 amide bonds. The van der Waals surface area contributed by atoms with Crippen molar-refractivity contribution in [3.63, 3.8) is 0 Å². The lowest BCUT2D eigenvalue weighted by molar-refractivity contribution is 0.301. The molecule has 1 atom stereocenters. The van der Waals surface area contributed by atoms with Crippen LogP contribution in [0.5, 0.6) is 0 Å². The predicted molar refractivity (Wildman–Crippen MR) is 65.2 cm³/mol. The molecule has 8 nitrogen and oxygen atoms in total. The van der Waals surface area contributed by atoms with E-state index in [1.165, 1.54) is 0 Å². The van der Waals surface area contributed by atoms with Crippen LogP contribution < -0.4 is 5.14 Å². The average Bonchev–Trinajstić information content (AvgIpc) is 2.79. The molecule has 19 heavy (non-hydrogen) atoms. The number of sulfone groups is 1. The van der Waals surface area contributed by atoms with Gasteiger partial charge in [-0.15, -0.1) is 0 Å². The summed E-state index contributed by atoms with van der Waals surface area (Å²) >= 11 is 0. The zero-order chi connectivity index (χ0) is 14.5. The number of nitriles is 1. The Morgan fingerprint density at radius 3 is 2.63 bits per heavy atom. The second-order valence-corrected chi connectivity index (χ2v) is 8.43. The summed E-state index contributed by atoms with van der Waals surface area (Å²) in [5, 5.41) is 17.4. The normalized spacial score (nSPS) is 26.2. The van der Waals surface area contributed by atoms with Gasteiger partial charge >= 0.3 is 0 Å². The molecule has 1 unspecified atom stereocenters. The van der Waals surface area contributed by atoms with Crippen LogP contribution in [-0.4, -0.2) is 38.1 Å². The van der Waals surface area contributed by atoms with Crippen molar-refractivity contribution in [1.29, 1.82) is 5.26 Å². The zero-order valence-corrected chi connectivity index (χ0v) is 11.7. The third-order valence-electron chi connectivity index (χ3n) is 3.11. The number of nitrogens with zero attached hydrogens (tertiary/aromatic N) is 3. The topological polar surface area (TPSA) is 136 Å². The van der Waals surface area contributed by atoms with Crippen LogP contribution in [0.15, 0.2) is 11.2 Å². The summed E-state index contributed by atoms with van der Waals surface area (Å²) in [5.41, 5.74) is -1.19. The van der Waals surface area contributed by atoms with Crippen molar-refractivity contribution < 1.29 is 16.8 Å². The molecule has 2 rings (SSSR count). The summed E-state index contributed by atoms with van der Waals surface area (Å²) in [6, 6.07) is 1.69. The Hall–Kier alpha value is -1.44. The van der Waals surface area contributed by atoms with Gasteiger partial charge in [-0.1, -0.05) is 0 Å². The van der Waals surface area contributed by atoms with E-state index in [2.05, 4.69) is 5.10 Å². The minimum atomic E-state index is -4.16. The molecule has 104 valence electrons. The fraction of sp³-hybridized carbons (Fsp3) is 0.556. The standard InChI is InChI=1S/C9H12N4O4S2/c1-9(2-3-18(14,15)6-9)13-8(19(11,16)17)7(4-10)5-12-13/h5H,2-3,6H2,1H3,(H2,11,16,17). The van der Waals surface area contributed by atoms with E-state index in [-0.39, 0.29) is 23.5 Å². The first-order chi connectivity index (χ1) is 8.59. The van der Waals surface area contributed by atoms with Crippen molar-refractivity contribution >= 4 is 19.9 Å². The minimum absolute atomic E-state index is 0.0463. The summed E-state index contributed by atoms with van der Waals surface area (Å²) in [7, 11) is -7.40. The summed E-state index contributed by atoms with van der Waals surface area (Å²) in [4.78, 5) is 0. The Morgan fingerprint density at radius 2 is 2.21 bits per heavy atom. The maximum Gasteiger partial charge on any atom is 0.256 e. The Kier molecular flexibility index (Phi) is 2.96. The van der Waals surface area contributed by atoms with Crippen LogP contribution in [0.4, 0.5) is 0 Å². The van der Waals surface area contributed by atoms with E-state index < -0.39 is 30.4 Å². The van der Waals surface area contributed by atoms with E-state index in [0.717, 1.165) is 10.9 Å². The van der Waals surface area contributed by atoms with Crippen LogP contribution in [0.25, 0.3) is 0 Å². The molecule has 1 saturated heterocycles. The molecule has 0 aromatic carbocycles. The van der Waals surface area contributed by atoms with Crippen LogP contribution in [0, 0.1) is 11.3 Å². The highest BCUT2D eigenvalue weighted by molar-refractivity contribution is 7.91. The largest absolute Gasteiger partial charge is 0.256 e.